The van der Waals surface area contributed by atoms with Crippen molar-refractivity contribution in [3.8, 4) is 0 Å². The molecule has 3 aromatic rings. The van der Waals surface area contributed by atoms with E-state index >= 15 is 0 Å². The topological polar surface area (TPSA) is 90.1 Å². The SMILES string of the molecule is CCOC(=O)C1(n2cnc3c(SCc4ccccc4)ncnc32)CSCC1O. The number of hydrogen-bond acceptors (Lipinski definition) is 8. The van der Waals surface area contributed by atoms with Gasteiger partial charge < -0.3 is 9.84 Å². The molecule has 1 aliphatic rings. The van der Waals surface area contributed by atoms with Crippen LogP contribution in [0.25, 0.3) is 11.2 Å². The summed E-state index contributed by atoms with van der Waals surface area (Å²) in [5.74, 6) is 1.17. The summed E-state index contributed by atoms with van der Waals surface area (Å²) >= 11 is 3.08. The van der Waals surface area contributed by atoms with E-state index in [-0.39, 0.29) is 6.61 Å². The minimum absolute atomic E-state index is 0.248. The lowest BCUT2D eigenvalue weighted by Gasteiger charge is -2.30. The van der Waals surface area contributed by atoms with Gasteiger partial charge in [0.05, 0.1) is 19.0 Å². The molecule has 1 aromatic carbocycles. The summed E-state index contributed by atoms with van der Waals surface area (Å²) in [5.41, 5.74) is 1.12. The Morgan fingerprint density at radius 1 is 1.36 bits per heavy atom. The molecule has 4 rings (SSSR count). The first-order valence-corrected chi connectivity index (χ1v) is 11.1. The van der Waals surface area contributed by atoms with Crippen molar-refractivity contribution in [2.75, 3.05) is 18.1 Å². The van der Waals surface area contributed by atoms with E-state index in [1.165, 1.54) is 23.7 Å². The van der Waals surface area contributed by atoms with Crippen molar-refractivity contribution in [2.45, 2.75) is 29.3 Å². The van der Waals surface area contributed by atoms with Crippen molar-refractivity contribution in [3.05, 3.63) is 48.5 Å². The third-order valence-corrected chi connectivity index (χ3v) is 6.97. The molecule has 7 nitrogen and oxygen atoms in total. The van der Waals surface area contributed by atoms with E-state index in [0.29, 0.717) is 22.7 Å². The molecule has 2 unspecified atom stereocenters. The molecule has 0 spiro atoms. The van der Waals surface area contributed by atoms with Crippen LogP contribution in [0, 0.1) is 0 Å². The van der Waals surface area contributed by atoms with Gasteiger partial charge in [-0.1, -0.05) is 42.1 Å². The monoisotopic (exact) mass is 416 g/mol. The first-order valence-electron chi connectivity index (χ1n) is 8.95. The van der Waals surface area contributed by atoms with Gasteiger partial charge in [-0.2, -0.15) is 11.8 Å². The fourth-order valence-electron chi connectivity index (χ4n) is 3.28. The van der Waals surface area contributed by atoms with Gasteiger partial charge in [-0.3, -0.25) is 4.57 Å². The van der Waals surface area contributed by atoms with Crippen LogP contribution in [0.4, 0.5) is 0 Å². The van der Waals surface area contributed by atoms with Crippen molar-refractivity contribution in [2.24, 2.45) is 0 Å². The predicted molar refractivity (Wildman–Crippen MR) is 109 cm³/mol. The number of carbonyl (C=O) groups excluding carboxylic acids is 1. The van der Waals surface area contributed by atoms with Gasteiger partial charge in [0.1, 0.15) is 16.9 Å². The quantitative estimate of drug-likeness (QED) is 0.372. The summed E-state index contributed by atoms with van der Waals surface area (Å²) in [7, 11) is 0. The number of hydrogen-bond donors (Lipinski definition) is 1. The minimum Gasteiger partial charge on any atom is -0.464 e. The average molecular weight is 417 g/mol. The number of aromatic nitrogens is 4. The molecule has 1 fully saturated rings. The molecule has 2 atom stereocenters. The largest absolute Gasteiger partial charge is 0.464 e. The number of aliphatic hydroxyl groups excluding tert-OH is 1. The molecular weight excluding hydrogens is 396 g/mol. The normalized spacial score (nSPS) is 21.9. The number of rotatable bonds is 6. The number of imidazole rings is 1. The Kier molecular flexibility index (Phi) is 5.56. The van der Waals surface area contributed by atoms with Crippen LogP contribution in [-0.2, 0) is 20.8 Å². The number of esters is 1. The highest BCUT2D eigenvalue weighted by Crippen LogP contribution is 2.39. The number of benzene rings is 1. The Bertz CT molecular complexity index is 982. The molecular formula is C19H20N4O3S2. The van der Waals surface area contributed by atoms with Crippen molar-refractivity contribution in [1.29, 1.82) is 0 Å². The smallest absolute Gasteiger partial charge is 0.336 e. The second-order valence-corrected chi connectivity index (χ2v) is 8.41. The van der Waals surface area contributed by atoms with Crippen molar-refractivity contribution >= 4 is 40.7 Å². The lowest BCUT2D eigenvalue weighted by atomic mass is 9.95. The molecule has 0 saturated carbocycles. The number of carbonyl (C=O) groups is 1. The van der Waals surface area contributed by atoms with Crippen LogP contribution in [0.1, 0.15) is 12.5 Å². The highest BCUT2D eigenvalue weighted by atomic mass is 32.2. The summed E-state index contributed by atoms with van der Waals surface area (Å²) in [6, 6.07) is 10.1. The number of nitrogens with zero attached hydrogens (tertiary/aromatic N) is 4. The van der Waals surface area contributed by atoms with E-state index in [1.807, 2.05) is 18.2 Å². The van der Waals surface area contributed by atoms with Crippen LogP contribution < -0.4 is 0 Å². The van der Waals surface area contributed by atoms with E-state index in [4.69, 9.17) is 4.74 Å². The summed E-state index contributed by atoms with van der Waals surface area (Å²) in [5, 5.41) is 11.4. The Balaban J connectivity index is 1.72. The molecule has 9 heteroatoms. The van der Waals surface area contributed by atoms with Crippen LogP contribution in [0.15, 0.2) is 48.0 Å². The van der Waals surface area contributed by atoms with Gasteiger partial charge in [-0.25, -0.2) is 19.7 Å². The molecule has 28 heavy (non-hydrogen) atoms. The lowest BCUT2D eigenvalue weighted by molar-refractivity contribution is -0.157. The molecule has 0 aliphatic carbocycles. The van der Waals surface area contributed by atoms with E-state index in [0.717, 1.165) is 10.8 Å². The fourth-order valence-corrected chi connectivity index (χ4v) is 5.55. The van der Waals surface area contributed by atoms with Crippen LogP contribution in [0.2, 0.25) is 0 Å². The average Bonchev–Trinajstić information content (AvgIpc) is 3.32. The van der Waals surface area contributed by atoms with E-state index in [2.05, 4.69) is 27.1 Å². The number of thioether (sulfide) groups is 2. The second kappa shape index (κ2) is 8.10. The number of fused-ring (bicyclic) bond motifs is 1. The molecule has 0 amide bonds. The molecule has 0 bridgehead atoms. The molecule has 1 saturated heterocycles. The second-order valence-electron chi connectivity index (χ2n) is 6.42. The van der Waals surface area contributed by atoms with Gasteiger partial charge in [0.15, 0.2) is 11.2 Å². The van der Waals surface area contributed by atoms with Crippen molar-refractivity contribution < 1.29 is 14.6 Å². The van der Waals surface area contributed by atoms with Gasteiger partial charge in [0.25, 0.3) is 0 Å². The van der Waals surface area contributed by atoms with Gasteiger partial charge in [0.2, 0.25) is 0 Å². The molecule has 146 valence electrons. The van der Waals surface area contributed by atoms with Crippen LogP contribution in [0.3, 0.4) is 0 Å². The van der Waals surface area contributed by atoms with Crippen LogP contribution in [-0.4, -0.2) is 54.8 Å². The maximum Gasteiger partial charge on any atom is 0.336 e. The summed E-state index contributed by atoms with van der Waals surface area (Å²) in [4.78, 5) is 26.1. The molecule has 3 heterocycles. The van der Waals surface area contributed by atoms with E-state index < -0.39 is 17.6 Å². The van der Waals surface area contributed by atoms with E-state index in [1.54, 1.807) is 29.6 Å². The maximum absolute atomic E-state index is 12.8. The highest BCUT2D eigenvalue weighted by molar-refractivity contribution is 7.99. The Labute approximate surface area is 170 Å². The number of ether oxygens (including phenoxy) is 1. The third kappa shape index (κ3) is 3.27. The molecule has 1 aliphatic heterocycles. The zero-order valence-corrected chi connectivity index (χ0v) is 16.9. The standard InChI is InChI=1S/C19H20N4O3S2/c1-2-26-18(25)19(10-27-9-14(19)24)23-12-22-15-16(23)20-11-21-17(15)28-8-13-6-4-3-5-7-13/h3-7,11-12,14,24H,2,8-10H2,1H3. The van der Waals surface area contributed by atoms with Gasteiger partial charge in [0, 0.05) is 17.3 Å². The third-order valence-electron chi connectivity index (χ3n) is 4.73. The summed E-state index contributed by atoms with van der Waals surface area (Å²) in [6.07, 6.45) is 2.17. The van der Waals surface area contributed by atoms with E-state index in [9.17, 15) is 9.90 Å². The lowest BCUT2D eigenvalue weighted by Crippen LogP contribution is -2.51. The molecule has 1 N–H and O–H groups in total. The minimum atomic E-state index is -1.22. The zero-order chi connectivity index (χ0) is 19.6. The highest BCUT2D eigenvalue weighted by Gasteiger charge is 2.53. The molecule has 0 radical (unpaired) electrons. The Morgan fingerprint density at radius 3 is 2.89 bits per heavy atom. The summed E-state index contributed by atoms with van der Waals surface area (Å²) in [6.45, 7) is 2.00. The zero-order valence-electron chi connectivity index (χ0n) is 15.3. The van der Waals surface area contributed by atoms with Crippen LogP contribution >= 0.6 is 23.5 Å². The van der Waals surface area contributed by atoms with Gasteiger partial charge >= 0.3 is 5.97 Å². The van der Waals surface area contributed by atoms with Gasteiger partial charge in [-0.15, -0.1) is 0 Å². The van der Waals surface area contributed by atoms with Crippen molar-refractivity contribution in [1.82, 2.24) is 19.5 Å². The molecule has 2 aromatic heterocycles. The maximum atomic E-state index is 12.8. The van der Waals surface area contributed by atoms with Crippen molar-refractivity contribution in [3.63, 3.8) is 0 Å². The van der Waals surface area contributed by atoms with Crippen LogP contribution in [0.5, 0.6) is 0 Å². The number of aliphatic hydroxyl groups is 1. The predicted octanol–water partition coefficient (Wildman–Crippen LogP) is 2.48. The van der Waals surface area contributed by atoms with Gasteiger partial charge in [-0.05, 0) is 12.5 Å². The first-order chi connectivity index (χ1) is 13.7. The fraction of sp³-hybridized carbons (Fsp3) is 0.368. The first kappa shape index (κ1) is 19.2. The Morgan fingerprint density at radius 2 is 2.18 bits per heavy atom. The summed E-state index contributed by atoms with van der Waals surface area (Å²) < 4.78 is 6.96. The Hall–Kier alpha value is -2.10.